The fourth-order valence-corrected chi connectivity index (χ4v) is 4.57. The predicted molar refractivity (Wildman–Crippen MR) is 85.7 cm³/mol. The maximum absolute atomic E-state index is 6.78. The molecule has 2 nitrogen and oxygen atoms in total. The minimum atomic E-state index is -0.0123. The second-order valence-corrected chi connectivity index (χ2v) is 7.41. The highest BCUT2D eigenvalue weighted by molar-refractivity contribution is 4.99. The first-order valence-corrected chi connectivity index (χ1v) is 9.00. The smallest absolute Gasteiger partial charge is 0.0835 e. The SMILES string of the molecule is CCOC1(C(N)C2CCCC(CC)C2)CCC(C)CC1. The number of hydrogen-bond acceptors (Lipinski definition) is 2. The van der Waals surface area contributed by atoms with E-state index in [4.69, 9.17) is 10.5 Å². The summed E-state index contributed by atoms with van der Waals surface area (Å²) >= 11 is 0. The fraction of sp³-hybridized carbons (Fsp3) is 1.00. The third-order valence-corrected chi connectivity index (χ3v) is 6.07. The topological polar surface area (TPSA) is 35.2 Å². The molecule has 0 aliphatic heterocycles. The number of hydrogen-bond donors (Lipinski definition) is 1. The molecule has 0 radical (unpaired) electrons. The lowest BCUT2D eigenvalue weighted by atomic mass is 9.67. The first-order chi connectivity index (χ1) is 9.61. The average molecular weight is 281 g/mol. The van der Waals surface area contributed by atoms with Gasteiger partial charge in [-0.25, -0.2) is 0 Å². The minimum Gasteiger partial charge on any atom is -0.374 e. The highest BCUT2D eigenvalue weighted by atomic mass is 16.5. The molecular formula is C18H35NO. The standard InChI is InChI=1S/C18H35NO/c1-4-15-7-6-8-16(13-15)17(19)18(20-5-2)11-9-14(3)10-12-18/h14-17H,4-13,19H2,1-3H3. The van der Waals surface area contributed by atoms with Crippen molar-refractivity contribution >= 4 is 0 Å². The Morgan fingerprint density at radius 1 is 1.15 bits per heavy atom. The first-order valence-electron chi connectivity index (χ1n) is 9.00. The number of rotatable bonds is 5. The Morgan fingerprint density at radius 3 is 2.45 bits per heavy atom. The summed E-state index contributed by atoms with van der Waals surface area (Å²) in [6, 6.07) is 0.254. The summed E-state index contributed by atoms with van der Waals surface area (Å²) in [4.78, 5) is 0. The molecule has 3 atom stereocenters. The summed E-state index contributed by atoms with van der Waals surface area (Å²) in [6.45, 7) is 7.64. The van der Waals surface area contributed by atoms with Gasteiger partial charge in [-0.3, -0.25) is 0 Å². The van der Waals surface area contributed by atoms with Crippen molar-refractivity contribution in [1.82, 2.24) is 0 Å². The van der Waals surface area contributed by atoms with E-state index in [-0.39, 0.29) is 11.6 Å². The molecule has 0 aromatic heterocycles. The molecule has 0 amide bonds. The molecule has 118 valence electrons. The summed E-state index contributed by atoms with van der Waals surface area (Å²) in [7, 11) is 0. The molecule has 2 saturated carbocycles. The Balaban J connectivity index is 2.04. The molecule has 2 heteroatoms. The van der Waals surface area contributed by atoms with Crippen LogP contribution in [0.3, 0.4) is 0 Å². The maximum atomic E-state index is 6.78. The van der Waals surface area contributed by atoms with E-state index in [1.54, 1.807) is 0 Å². The van der Waals surface area contributed by atoms with Crippen LogP contribution in [0.15, 0.2) is 0 Å². The summed E-state index contributed by atoms with van der Waals surface area (Å²) in [6.07, 6.45) is 11.7. The van der Waals surface area contributed by atoms with Gasteiger partial charge in [0.15, 0.2) is 0 Å². The van der Waals surface area contributed by atoms with E-state index in [2.05, 4.69) is 20.8 Å². The van der Waals surface area contributed by atoms with Gasteiger partial charge in [0.25, 0.3) is 0 Å². The molecule has 2 N–H and O–H groups in total. The largest absolute Gasteiger partial charge is 0.374 e. The molecule has 2 aliphatic carbocycles. The van der Waals surface area contributed by atoms with Gasteiger partial charge in [0.1, 0.15) is 0 Å². The normalized spacial score (nSPS) is 40.5. The Kier molecular flexibility index (Phi) is 5.92. The lowest BCUT2D eigenvalue weighted by molar-refractivity contribution is -0.104. The van der Waals surface area contributed by atoms with E-state index >= 15 is 0 Å². The number of nitrogens with two attached hydrogens (primary N) is 1. The van der Waals surface area contributed by atoms with Crippen LogP contribution in [0, 0.1) is 17.8 Å². The molecular weight excluding hydrogens is 246 g/mol. The summed E-state index contributed by atoms with van der Waals surface area (Å²) < 4.78 is 6.28. The second-order valence-electron chi connectivity index (χ2n) is 7.41. The van der Waals surface area contributed by atoms with Gasteiger partial charge in [-0.1, -0.05) is 33.1 Å². The third kappa shape index (κ3) is 3.57. The van der Waals surface area contributed by atoms with Crippen LogP contribution in [-0.4, -0.2) is 18.2 Å². The molecule has 0 aromatic rings. The van der Waals surface area contributed by atoms with Crippen LogP contribution in [-0.2, 0) is 4.74 Å². The molecule has 20 heavy (non-hydrogen) atoms. The van der Waals surface area contributed by atoms with Gasteiger partial charge in [-0.2, -0.15) is 0 Å². The highest BCUT2D eigenvalue weighted by Gasteiger charge is 2.44. The average Bonchev–Trinajstić information content (AvgIpc) is 2.49. The van der Waals surface area contributed by atoms with Crippen LogP contribution < -0.4 is 5.73 Å². The van der Waals surface area contributed by atoms with Crippen LogP contribution in [0.5, 0.6) is 0 Å². The Hall–Kier alpha value is -0.0800. The van der Waals surface area contributed by atoms with Crippen molar-refractivity contribution < 1.29 is 4.74 Å². The summed E-state index contributed by atoms with van der Waals surface area (Å²) in [5.41, 5.74) is 6.77. The van der Waals surface area contributed by atoms with Crippen molar-refractivity contribution in [3.05, 3.63) is 0 Å². The lowest BCUT2D eigenvalue weighted by Gasteiger charge is -2.47. The zero-order valence-electron chi connectivity index (χ0n) is 13.9. The van der Waals surface area contributed by atoms with Crippen molar-refractivity contribution in [2.24, 2.45) is 23.5 Å². The highest BCUT2D eigenvalue weighted by Crippen LogP contribution is 2.42. The van der Waals surface area contributed by atoms with Crippen molar-refractivity contribution in [3.8, 4) is 0 Å². The second kappa shape index (κ2) is 7.26. The zero-order chi connectivity index (χ0) is 14.6. The van der Waals surface area contributed by atoms with E-state index in [1.807, 2.05) is 0 Å². The van der Waals surface area contributed by atoms with E-state index in [0.717, 1.165) is 18.4 Å². The van der Waals surface area contributed by atoms with E-state index in [1.165, 1.54) is 57.8 Å². The molecule has 0 bridgehead atoms. The van der Waals surface area contributed by atoms with E-state index in [0.29, 0.717) is 5.92 Å². The zero-order valence-corrected chi connectivity index (χ0v) is 13.9. The minimum absolute atomic E-state index is 0.0123. The Labute approximate surface area is 125 Å². The lowest BCUT2D eigenvalue weighted by Crippen LogP contribution is -2.56. The molecule has 2 fully saturated rings. The molecule has 3 unspecified atom stereocenters. The maximum Gasteiger partial charge on any atom is 0.0835 e. The fourth-order valence-electron chi connectivity index (χ4n) is 4.57. The van der Waals surface area contributed by atoms with E-state index < -0.39 is 0 Å². The third-order valence-electron chi connectivity index (χ3n) is 6.07. The van der Waals surface area contributed by atoms with Crippen LogP contribution in [0.25, 0.3) is 0 Å². The van der Waals surface area contributed by atoms with Crippen LogP contribution in [0.4, 0.5) is 0 Å². The summed E-state index contributed by atoms with van der Waals surface area (Å²) in [5.74, 6) is 2.44. The quantitative estimate of drug-likeness (QED) is 0.804. The van der Waals surface area contributed by atoms with Gasteiger partial charge in [0, 0.05) is 12.6 Å². The van der Waals surface area contributed by atoms with Gasteiger partial charge in [0.2, 0.25) is 0 Å². The molecule has 0 saturated heterocycles. The molecule has 2 rings (SSSR count). The van der Waals surface area contributed by atoms with Gasteiger partial charge >= 0.3 is 0 Å². The number of ether oxygens (including phenoxy) is 1. The van der Waals surface area contributed by atoms with Crippen molar-refractivity contribution in [3.63, 3.8) is 0 Å². The van der Waals surface area contributed by atoms with Crippen molar-refractivity contribution in [1.29, 1.82) is 0 Å². The van der Waals surface area contributed by atoms with Crippen LogP contribution in [0.1, 0.15) is 78.6 Å². The van der Waals surface area contributed by atoms with Crippen molar-refractivity contribution in [2.75, 3.05) is 6.61 Å². The monoisotopic (exact) mass is 281 g/mol. The van der Waals surface area contributed by atoms with Crippen molar-refractivity contribution in [2.45, 2.75) is 90.2 Å². The molecule has 0 heterocycles. The van der Waals surface area contributed by atoms with E-state index in [9.17, 15) is 0 Å². The van der Waals surface area contributed by atoms with Gasteiger partial charge in [0.05, 0.1) is 5.60 Å². The summed E-state index contributed by atoms with van der Waals surface area (Å²) in [5, 5.41) is 0. The van der Waals surface area contributed by atoms with Crippen LogP contribution in [0.2, 0.25) is 0 Å². The van der Waals surface area contributed by atoms with Gasteiger partial charge in [-0.15, -0.1) is 0 Å². The first kappa shape index (κ1) is 16.3. The van der Waals surface area contributed by atoms with Gasteiger partial charge in [-0.05, 0) is 63.2 Å². The van der Waals surface area contributed by atoms with Crippen LogP contribution >= 0.6 is 0 Å². The Bertz CT molecular complexity index is 283. The molecule has 0 spiro atoms. The Morgan fingerprint density at radius 2 is 1.85 bits per heavy atom. The predicted octanol–water partition coefficient (Wildman–Crippen LogP) is 4.52. The molecule has 0 aromatic carbocycles. The van der Waals surface area contributed by atoms with Gasteiger partial charge < -0.3 is 10.5 Å². The molecule has 2 aliphatic rings.